The summed E-state index contributed by atoms with van der Waals surface area (Å²) in [5, 5.41) is 11.9. The second-order valence-electron chi connectivity index (χ2n) is 6.35. The van der Waals surface area contributed by atoms with Gasteiger partial charge in [-0.05, 0) is 39.0 Å². The van der Waals surface area contributed by atoms with Crippen molar-refractivity contribution in [3.8, 4) is 11.4 Å². The molecule has 1 amide bonds. The zero-order valence-electron chi connectivity index (χ0n) is 15.4. The molecule has 134 valence electrons. The Balaban J connectivity index is 1.70. The Bertz CT molecular complexity index is 918. The van der Waals surface area contributed by atoms with Crippen LogP contribution in [-0.4, -0.2) is 25.9 Å². The number of nitrogens with zero attached hydrogens (tertiary/aromatic N) is 3. The predicted molar refractivity (Wildman–Crippen MR) is 106 cm³/mol. The second kappa shape index (κ2) is 7.74. The SMILES string of the molecule is Cc1ccc(NC(=O)[C@H](C)Sc2nnc(-c3cccc(C)c3)n2C)cc1. The first-order valence-electron chi connectivity index (χ1n) is 8.44. The van der Waals surface area contributed by atoms with E-state index in [1.54, 1.807) is 0 Å². The lowest BCUT2D eigenvalue weighted by Crippen LogP contribution is -2.22. The van der Waals surface area contributed by atoms with E-state index in [-0.39, 0.29) is 11.2 Å². The van der Waals surface area contributed by atoms with Gasteiger partial charge in [-0.1, -0.05) is 53.2 Å². The molecule has 0 saturated carbocycles. The average molecular weight is 366 g/mol. The van der Waals surface area contributed by atoms with Crippen molar-refractivity contribution in [1.29, 1.82) is 0 Å². The summed E-state index contributed by atoms with van der Waals surface area (Å²) in [6.07, 6.45) is 0. The van der Waals surface area contributed by atoms with E-state index in [0.717, 1.165) is 22.6 Å². The smallest absolute Gasteiger partial charge is 0.237 e. The van der Waals surface area contributed by atoms with Crippen molar-refractivity contribution in [3.05, 3.63) is 59.7 Å². The van der Waals surface area contributed by atoms with Gasteiger partial charge in [-0.2, -0.15) is 0 Å². The number of hydrogen-bond donors (Lipinski definition) is 1. The van der Waals surface area contributed by atoms with Crippen LogP contribution in [-0.2, 0) is 11.8 Å². The number of carbonyl (C=O) groups is 1. The third-order valence-electron chi connectivity index (χ3n) is 4.08. The van der Waals surface area contributed by atoms with Crippen LogP contribution in [0.1, 0.15) is 18.1 Å². The average Bonchev–Trinajstić information content (AvgIpc) is 2.97. The molecule has 0 radical (unpaired) electrons. The highest BCUT2D eigenvalue weighted by atomic mass is 32.2. The molecule has 6 heteroatoms. The molecule has 0 bridgehead atoms. The van der Waals surface area contributed by atoms with Crippen molar-refractivity contribution in [3.63, 3.8) is 0 Å². The van der Waals surface area contributed by atoms with Crippen LogP contribution in [0.2, 0.25) is 0 Å². The van der Waals surface area contributed by atoms with Crippen LogP contribution in [0, 0.1) is 13.8 Å². The molecule has 1 heterocycles. The normalized spacial score (nSPS) is 12.0. The minimum atomic E-state index is -0.287. The van der Waals surface area contributed by atoms with E-state index in [1.807, 2.05) is 74.9 Å². The van der Waals surface area contributed by atoms with Crippen LogP contribution in [0.25, 0.3) is 11.4 Å². The Morgan fingerprint density at radius 1 is 1.08 bits per heavy atom. The van der Waals surface area contributed by atoms with E-state index >= 15 is 0 Å². The van der Waals surface area contributed by atoms with Gasteiger partial charge in [0.25, 0.3) is 0 Å². The van der Waals surface area contributed by atoms with Crippen LogP contribution in [0.15, 0.2) is 53.7 Å². The molecule has 3 aromatic rings. The van der Waals surface area contributed by atoms with E-state index in [2.05, 4.69) is 21.6 Å². The molecule has 0 unspecified atom stereocenters. The van der Waals surface area contributed by atoms with Gasteiger partial charge in [0.15, 0.2) is 11.0 Å². The minimum absolute atomic E-state index is 0.0565. The molecule has 5 nitrogen and oxygen atoms in total. The quantitative estimate of drug-likeness (QED) is 0.687. The summed E-state index contributed by atoms with van der Waals surface area (Å²) in [6, 6.07) is 15.9. The van der Waals surface area contributed by atoms with Gasteiger partial charge in [0, 0.05) is 18.3 Å². The van der Waals surface area contributed by atoms with Gasteiger partial charge in [-0.15, -0.1) is 10.2 Å². The molecule has 0 aliphatic rings. The first-order valence-corrected chi connectivity index (χ1v) is 9.32. The molecular formula is C20H22N4OS. The maximum absolute atomic E-state index is 12.4. The topological polar surface area (TPSA) is 59.8 Å². The summed E-state index contributed by atoms with van der Waals surface area (Å²) in [7, 11) is 1.92. The lowest BCUT2D eigenvalue weighted by molar-refractivity contribution is -0.115. The van der Waals surface area contributed by atoms with Crippen LogP contribution >= 0.6 is 11.8 Å². The van der Waals surface area contributed by atoms with Crippen LogP contribution < -0.4 is 5.32 Å². The Labute approximate surface area is 157 Å². The summed E-state index contributed by atoms with van der Waals surface area (Å²) in [5.74, 6) is 0.737. The molecule has 0 saturated heterocycles. The van der Waals surface area contributed by atoms with E-state index in [1.165, 1.54) is 17.3 Å². The molecule has 2 aromatic carbocycles. The summed E-state index contributed by atoms with van der Waals surface area (Å²) < 4.78 is 1.93. The third kappa shape index (κ3) is 4.14. The van der Waals surface area contributed by atoms with Crippen LogP contribution in [0.5, 0.6) is 0 Å². The number of amides is 1. The van der Waals surface area contributed by atoms with Gasteiger partial charge < -0.3 is 9.88 Å². The van der Waals surface area contributed by atoms with Gasteiger partial charge in [0.1, 0.15) is 0 Å². The molecule has 1 atom stereocenters. The number of aromatic nitrogens is 3. The van der Waals surface area contributed by atoms with Gasteiger partial charge in [0.2, 0.25) is 5.91 Å². The van der Waals surface area contributed by atoms with Crippen molar-refractivity contribution in [2.45, 2.75) is 31.2 Å². The van der Waals surface area contributed by atoms with E-state index in [4.69, 9.17) is 0 Å². The van der Waals surface area contributed by atoms with E-state index < -0.39 is 0 Å². The fourth-order valence-corrected chi connectivity index (χ4v) is 3.36. The van der Waals surface area contributed by atoms with Crippen LogP contribution in [0.3, 0.4) is 0 Å². The summed E-state index contributed by atoms with van der Waals surface area (Å²) in [5.41, 5.74) is 4.15. The van der Waals surface area contributed by atoms with E-state index in [9.17, 15) is 4.79 Å². The van der Waals surface area contributed by atoms with Crippen LogP contribution in [0.4, 0.5) is 5.69 Å². The molecule has 0 fully saturated rings. The summed E-state index contributed by atoms with van der Waals surface area (Å²) in [4.78, 5) is 12.4. The Morgan fingerprint density at radius 2 is 1.81 bits per heavy atom. The highest BCUT2D eigenvalue weighted by Gasteiger charge is 2.19. The number of aryl methyl sites for hydroxylation is 2. The molecule has 1 N–H and O–H groups in total. The molecule has 26 heavy (non-hydrogen) atoms. The fourth-order valence-electron chi connectivity index (χ4n) is 2.55. The summed E-state index contributed by atoms with van der Waals surface area (Å²) >= 11 is 1.40. The van der Waals surface area contributed by atoms with Gasteiger partial charge >= 0.3 is 0 Å². The first kappa shape index (κ1) is 18.2. The van der Waals surface area contributed by atoms with Crippen molar-refractivity contribution in [1.82, 2.24) is 14.8 Å². The molecule has 0 aliphatic heterocycles. The molecule has 1 aromatic heterocycles. The van der Waals surface area contributed by atoms with Gasteiger partial charge in [0.05, 0.1) is 5.25 Å². The van der Waals surface area contributed by atoms with Gasteiger partial charge in [-0.25, -0.2) is 0 Å². The monoisotopic (exact) mass is 366 g/mol. The number of benzene rings is 2. The number of carbonyl (C=O) groups excluding carboxylic acids is 1. The third-order valence-corrected chi connectivity index (χ3v) is 5.22. The standard InChI is InChI=1S/C20H22N4OS/c1-13-8-10-17(11-9-13)21-19(25)15(3)26-20-23-22-18(24(20)4)16-7-5-6-14(2)12-16/h5-12,15H,1-4H3,(H,21,25)/t15-/m0/s1. The zero-order chi connectivity index (χ0) is 18.7. The second-order valence-corrected chi connectivity index (χ2v) is 7.66. The zero-order valence-corrected chi connectivity index (χ0v) is 16.2. The Morgan fingerprint density at radius 3 is 2.50 bits per heavy atom. The Hall–Kier alpha value is -2.60. The van der Waals surface area contributed by atoms with Crippen molar-refractivity contribution in [2.24, 2.45) is 7.05 Å². The predicted octanol–water partition coefficient (Wildman–Crippen LogP) is 4.22. The fraction of sp³-hybridized carbons (Fsp3) is 0.250. The molecular weight excluding hydrogens is 344 g/mol. The van der Waals surface area contributed by atoms with Crippen molar-refractivity contribution < 1.29 is 4.79 Å². The Kier molecular flexibility index (Phi) is 5.42. The molecule has 0 spiro atoms. The lowest BCUT2D eigenvalue weighted by Gasteiger charge is -2.12. The molecule has 3 rings (SSSR count). The number of rotatable bonds is 5. The van der Waals surface area contributed by atoms with Crippen molar-refractivity contribution in [2.75, 3.05) is 5.32 Å². The summed E-state index contributed by atoms with van der Waals surface area (Å²) in [6.45, 7) is 5.94. The number of nitrogens with one attached hydrogen (secondary N) is 1. The highest BCUT2D eigenvalue weighted by molar-refractivity contribution is 8.00. The number of hydrogen-bond acceptors (Lipinski definition) is 4. The number of thioether (sulfide) groups is 1. The maximum atomic E-state index is 12.4. The first-order chi connectivity index (χ1) is 12.4. The maximum Gasteiger partial charge on any atom is 0.237 e. The van der Waals surface area contributed by atoms with Crippen molar-refractivity contribution >= 4 is 23.4 Å². The van der Waals surface area contributed by atoms with E-state index in [0.29, 0.717) is 5.16 Å². The highest BCUT2D eigenvalue weighted by Crippen LogP contribution is 2.26. The largest absolute Gasteiger partial charge is 0.325 e. The number of anilines is 1. The minimum Gasteiger partial charge on any atom is -0.325 e. The molecule has 0 aliphatic carbocycles. The lowest BCUT2D eigenvalue weighted by atomic mass is 10.1. The van der Waals surface area contributed by atoms with Gasteiger partial charge in [-0.3, -0.25) is 4.79 Å².